The van der Waals surface area contributed by atoms with Crippen LogP contribution in [0.25, 0.3) is 0 Å². The van der Waals surface area contributed by atoms with Crippen molar-refractivity contribution >= 4 is 44.0 Å². The van der Waals surface area contributed by atoms with Gasteiger partial charge in [-0.15, -0.1) is 10.2 Å². The number of aromatic nitrogens is 2. The number of sulfone groups is 1. The number of anilines is 1. The van der Waals surface area contributed by atoms with Crippen LogP contribution < -0.4 is 5.32 Å². The van der Waals surface area contributed by atoms with Crippen molar-refractivity contribution in [3.8, 4) is 0 Å². The van der Waals surface area contributed by atoms with Crippen molar-refractivity contribution in [3.63, 3.8) is 0 Å². The smallest absolute Gasteiger partial charge is 0.233 e. The van der Waals surface area contributed by atoms with Crippen LogP contribution in [0.1, 0.15) is 18.9 Å². The highest BCUT2D eigenvalue weighted by atomic mass is 32.2. The summed E-state index contributed by atoms with van der Waals surface area (Å²) in [5.41, 5.74) is 1.15. The summed E-state index contributed by atoms with van der Waals surface area (Å²) in [6.07, 6.45) is 0.527. The van der Waals surface area contributed by atoms with Crippen LogP contribution in [0, 0.1) is 0 Å². The van der Waals surface area contributed by atoms with Crippen molar-refractivity contribution in [2.75, 3.05) is 29.1 Å². The second-order valence-corrected chi connectivity index (χ2v) is 10.7. The highest BCUT2D eigenvalue weighted by Gasteiger charge is 2.33. The van der Waals surface area contributed by atoms with Gasteiger partial charge in [-0.05, 0) is 18.9 Å². The van der Waals surface area contributed by atoms with E-state index in [0.29, 0.717) is 29.0 Å². The van der Waals surface area contributed by atoms with E-state index in [-0.39, 0.29) is 29.2 Å². The molecule has 0 unspecified atom stereocenters. The zero-order valence-corrected chi connectivity index (χ0v) is 17.4. The van der Waals surface area contributed by atoms with Crippen LogP contribution in [0.2, 0.25) is 0 Å². The Morgan fingerprint density at radius 1 is 1.33 bits per heavy atom. The predicted molar refractivity (Wildman–Crippen MR) is 109 cm³/mol. The van der Waals surface area contributed by atoms with Crippen molar-refractivity contribution in [2.24, 2.45) is 0 Å². The Morgan fingerprint density at radius 3 is 2.78 bits per heavy atom. The highest BCUT2D eigenvalue weighted by Crippen LogP contribution is 2.27. The number of carbonyl (C=O) groups is 1. The fourth-order valence-electron chi connectivity index (χ4n) is 2.98. The van der Waals surface area contributed by atoms with Gasteiger partial charge in [-0.1, -0.05) is 53.4 Å². The first kappa shape index (κ1) is 20.1. The van der Waals surface area contributed by atoms with E-state index in [9.17, 15) is 13.2 Å². The maximum absolute atomic E-state index is 12.5. The number of nitrogens with zero attached hydrogens (tertiary/aromatic N) is 3. The molecule has 7 nitrogen and oxygen atoms in total. The first-order chi connectivity index (χ1) is 13.0. The molecule has 2 heterocycles. The van der Waals surface area contributed by atoms with Crippen LogP contribution in [0.3, 0.4) is 0 Å². The van der Waals surface area contributed by atoms with Gasteiger partial charge in [0.15, 0.2) is 14.2 Å². The normalized spacial score (nSPS) is 18.3. The van der Waals surface area contributed by atoms with Crippen molar-refractivity contribution in [1.82, 2.24) is 15.1 Å². The SMILES string of the molecule is CCN(C(=O)CSc1nnc(NCc2ccccc2)s1)[C@@H]1CCS(=O)(=O)C1. The van der Waals surface area contributed by atoms with Crippen molar-refractivity contribution in [2.45, 2.75) is 30.3 Å². The third-order valence-corrected chi connectivity index (χ3v) is 8.07. The van der Waals surface area contributed by atoms with Gasteiger partial charge >= 0.3 is 0 Å². The summed E-state index contributed by atoms with van der Waals surface area (Å²) >= 11 is 2.75. The number of thioether (sulfide) groups is 1. The van der Waals surface area contributed by atoms with Crippen LogP contribution in [0.4, 0.5) is 5.13 Å². The lowest BCUT2D eigenvalue weighted by Gasteiger charge is -2.26. The van der Waals surface area contributed by atoms with Gasteiger partial charge in [0, 0.05) is 19.1 Å². The molecule has 1 amide bonds. The predicted octanol–water partition coefficient (Wildman–Crippen LogP) is 2.28. The molecule has 0 bridgehead atoms. The minimum absolute atomic E-state index is 0.0569. The van der Waals surface area contributed by atoms with Gasteiger partial charge in [0.05, 0.1) is 17.3 Å². The summed E-state index contributed by atoms with van der Waals surface area (Å²) in [6, 6.07) is 9.81. The van der Waals surface area contributed by atoms with Gasteiger partial charge in [-0.3, -0.25) is 4.79 Å². The van der Waals surface area contributed by atoms with Crippen LogP contribution in [0.15, 0.2) is 34.7 Å². The van der Waals surface area contributed by atoms with E-state index < -0.39 is 9.84 Å². The monoisotopic (exact) mass is 426 g/mol. The van der Waals surface area contributed by atoms with Gasteiger partial charge in [0.2, 0.25) is 11.0 Å². The summed E-state index contributed by atoms with van der Waals surface area (Å²) < 4.78 is 24.0. The zero-order valence-electron chi connectivity index (χ0n) is 15.0. The molecule has 1 aliphatic rings. The summed E-state index contributed by atoms with van der Waals surface area (Å²) in [4.78, 5) is 14.2. The van der Waals surface area contributed by atoms with E-state index in [0.717, 1.165) is 5.56 Å². The Bertz CT molecular complexity index is 871. The summed E-state index contributed by atoms with van der Waals surface area (Å²) in [6.45, 7) is 3.06. The molecule has 27 heavy (non-hydrogen) atoms. The number of rotatable bonds is 8. The summed E-state index contributed by atoms with van der Waals surface area (Å²) in [5.74, 6) is 0.418. The third-order valence-electron chi connectivity index (χ3n) is 4.32. The molecule has 2 aromatic rings. The molecule has 1 saturated heterocycles. The number of amides is 1. The quantitative estimate of drug-likeness (QED) is 0.647. The summed E-state index contributed by atoms with van der Waals surface area (Å²) in [5, 5.41) is 12.1. The van der Waals surface area contributed by atoms with Crippen LogP contribution in [0.5, 0.6) is 0 Å². The molecular weight excluding hydrogens is 404 g/mol. The lowest BCUT2D eigenvalue weighted by atomic mass is 10.2. The highest BCUT2D eigenvalue weighted by molar-refractivity contribution is 8.01. The van der Waals surface area contributed by atoms with E-state index in [2.05, 4.69) is 15.5 Å². The van der Waals surface area contributed by atoms with Crippen molar-refractivity contribution in [1.29, 1.82) is 0 Å². The Balaban J connectivity index is 1.49. The van der Waals surface area contributed by atoms with E-state index in [1.807, 2.05) is 37.3 Å². The van der Waals surface area contributed by atoms with Crippen LogP contribution in [-0.4, -0.2) is 59.3 Å². The van der Waals surface area contributed by atoms with Crippen LogP contribution >= 0.6 is 23.1 Å². The van der Waals surface area contributed by atoms with Gasteiger partial charge in [0.25, 0.3) is 0 Å². The largest absolute Gasteiger partial charge is 0.356 e. The van der Waals surface area contributed by atoms with Gasteiger partial charge in [0.1, 0.15) is 0 Å². The van der Waals surface area contributed by atoms with Crippen molar-refractivity contribution in [3.05, 3.63) is 35.9 Å². The number of hydrogen-bond acceptors (Lipinski definition) is 8. The van der Waals surface area contributed by atoms with Gasteiger partial charge in [-0.25, -0.2) is 8.42 Å². The maximum Gasteiger partial charge on any atom is 0.233 e. The number of hydrogen-bond donors (Lipinski definition) is 1. The molecule has 146 valence electrons. The second kappa shape index (κ2) is 9.03. The molecule has 1 atom stereocenters. The molecule has 1 N–H and O–H groups in total. The van der Waals surface area contributed by atoms with E-state index in [1.165, 1.54) is 23.1 Å². The van der Waals surface area contributed by atoms with Gasteiger partial charge in [-0.2, -0.15) is 0 Å². The minimum atomic E-state index is -3.01. The average Bonchev–Trinajstić information content (AvgIpc) is 3.26. The van der Waals surface area contributed by atoms with E-state index in [4.69, 9.17) is 0 Å². The second-order valence-electron chi connectivity index (χ2n) is 6.24. The molecule has 0 spiro atoms. The number of nitrogens with one attached hydrogen (secondary N) is 1. The fraction of sp³-hybridized carbons (Fsp3) is 0.471. The van der Waals surface area contributed by atoms with Crippen LogP contribution in [-0.2, 0) is 21.2 Å². The lowest BCUT2D eigenvalue weighted by molar-refractivity contribution is -0.129. The molecular formula is C17H22N4O3S3. The van der Waals surface area contributed by atoms with Gasteiger partial charge < -0.3 is 10.2 Å². The maximum atomic E-state index is 12.5. The average molecular weight is 427 g/mol. The molecule has 1 aromatic heterocycles. The Kier molecular flexibility index (Phi) is 6.72. The standard InChI is InChI=1S/C17H22N4O3S3/c1-2-21(14-8-9-27(23,24)12-14)15(22)11-25-17-20-19-16(26-17)18-10-13-6-4-3-5-7-13/h3-7,14H,2,8-12H2,1H3,(H,18,19)/t14-/m1/s1. The van der Waals surface area contributed by atoms with E-state index in [1.54, 1.807) is 4.90 Å². The first-order valence-electron chi connectivity index (χ1n) is 8.71. The molecule has 1 fully saturated rings. The third kappa shape index (κ3) is 5.66. The molecule has 0 aliphatic carbocycles. The Morgan fingerprint density at radius 2 is 2.11 bits per heavy atom. The fourth-order valence-corrected chi connectivity index (χ4v) is 6.34. The molecule has 1 aromatic carbocycles. The first-order valence-corrected chi connectivity index (χ1v) is 12.3. The molecule has 3 rings (SSSR count). The number of benzene rings is 1. The Hall–Kier alpha value is -1.65. The number of carbonyl (C=O) groups excluding carboxylic acids is 1. The lowest BCUT2D eigenvalue weighted by Crippen LogP contribution is -2.41. The van der Waals surface area contributed by atoms with Crippen molar-refractivity contribution < 1.29 is 13.2 Å². The zero-order chi connectivity index (χ0) is 19.3. The molecule has 0 radical (unpaired) electrons. The molecule has 1 aliphatic heterocycles. The van der Waals surface area contributed by atoms with E-state index >= 15 is 0 Å². The minimum Gasteiger partial charge on any atom is -0.356 e. The molecule has 0 saturated carbocycles. The molecule has 10 heteroatoms. The Labute approximate surface area is 167 Å². The topological polar surface area (TPSA) is 92.3 Å². The summed E-state index contributed by atoms with van der Waals surface area (Å²) in [7, 11) is -3.01.